The lowest BCUT2D eigenvalue weighted by molar-refractivity contribution is 0.484. The van der Waals surface area contributed by atoms with E-state index in [1.165, 1.54) is 0 Å². The summed E-state index contributed by atoms with van der Waals surface area (Å²) in [5.74, 6) is 0.894. The molecule has 106 valence electrons. The highest BCUT2D eigenvalue weighted by atomic mass is 79.9. The Morgan fingerprint density at radius 1 is 1.05 bits per heavy atom. The first-order valence-electron chi connectivity index (χ1n) is 6.56. The molecule has 0 bridgehead atoms. The molecule has 1 aromatic heterocycles. The zero-order chi connectivity index (χ0) is 14.8. The van der Waals surface area contributed by atoms with Crippen LogP contribution in [0.1, 0.15) is 23.1 Å². The molecule has 2 aromatic carbocycles. The fourth-order valence-corrected chi connectivity index (χ4v) is 2.48. The van der Waals surface area contributed by atoms with Gasteiger partial charge >= 0.3 is 0 Å². The van der Waals surface area contributed by atoms with Crippen LogP contribution in [-0.2, 0) is 0 Å². The van der Waals surface area contributed by atoms with E-state index in [1.807, 2.05) is 55.5 Å². The highest BCUT2D eigenvalue weighted by Gasteiger charge is 2.18. The molecule has 5 heteroatoms. The van der Waals surface area contributed by atoms with Crippen molar-refractivity contribution >= 4 is 15.9 Å². The van der Waals surface area contributed by atoms with Crippen molar-refractivity contribution in [1.29, 1.82) is 0 Å². The first kappa shape index (κ1) is 14.0. The van der Waals surface area contributed by atoms with E-state index in [0.717, 1.165) is 21.2 Å². The van der Waals surface area contributed by atoms with Gasteiger partial charge in [0.05, 0.1) is 0 Å². The van der Waals surface area contributed by atoms with Crippen molar-refractivity contribution in [2.75, 3.05) is 0 Å². The number of benzene rings is 2. The zero-order valence-electron chi connectivity index (χ0n) is 11.5. The number of halogens is 1. The van der Waals surface area contributed by atoms with Crippen LogP contribution in [0.2, 0.25) is 0 Å². The molecule has 0 aliphatic heterocycles. The molecular formula is C16H14BrN3O. The van der Waals surface area contributed by atoms with E-state index in [4.69, 9.17) is 10.2 Å². The molecular weight excluding hydrogens is 330 g/mol. The van der Waals surface area contributed by atoms with Gasteiger partial charge in [0.2, 0.25) is 11.8 Å². The molecule has 1 heterocycles. The number of hydrogen-bond donors (Lipinski definition) is 1. The third kappa shape index (κ3) is 2.75. The van der Waals surface area contributed by atoms with Gasteiger partial charge in [-0.15, -0.1) is 10.2 Å². The Balaban J connectivity index is 1.95. The van der Waals surface area contributed by atoms with Gasteiger partial charge in [-0.3, -0.25) is 0 Å². The molecule has 0 aliphatic carbocycles. The molecule has 1 atom stereocenters. The molecule has 4 nitrogen and oxygen atoms in total. The molecule has 0 saturated carbocycles. The Hall–Kier alpha value is -1.98. The van der Waals surface area contributed by atoms with Crippen LogP contribution in [0.25, 0.3) is 11.5 Å². The molecule has 0 fully saturated rings. The fraction of sp³-hybridized carbons (Fsp3) is 0.125. The fourth-order valence-electron chi connectivity index (χ4n) is 2.11. The van der Waals surface area contributed by atoms with Crippen LogP contribution in [-0.4, -0.2) is 10.2 Å². The van der Waals surface area contributed by atoms with Crippen LogP contribution in [0, 0.1) is 6.92 Å². The average Bonchev–Trinajstić information content (AvgIpc) is 3.00. The van der Waals surface area contributed by atoms with Gasteiger partial charge < -0.3 is 10.2 Å². The largest absolute Gasteiger partial charge is 0.419 e. The summed E-state index contributed by atoms with van der Waals surface area (Å²) in [6, 6.07) is 15.2. The third-order valence-electron chi connectivity index (χ3n) is 3.36. The smallest absolute Gasteiger partial charge is 0.248 e. The van der Waals surface area contributed by atoms with Gasteiger partial charge in [0, 0.05) is 10.0 Å². The molecule has 0 aliphatic rings. The van der Waals surface area contributed by atoms with Crippen molar-refractivity contribution in [3.63, 3.8) is 0 Å². The van der Waals surface area contributed by atoms with Crippen molar-refractivity contribution in [3.8, 4) is 11.5 Å². The van der Waals surface area contributed by atoms with E-state index in [1.54, 1.807) is 0 Å². The van der Waals surface area contributed by atoms with Gasteiger partial charge in [0.15, 0.2) is 0 Å². The maximum atomic E-state index is 6.17. The molecule has 3 rings (SSSR count). The lowest BCUT2D eigenvalue weighted by Crippen LogP contribution is -2.11. The summed E-state index contributed by atoms with van der Waals surface area (Å²) < 4.78 is 6.76. The van der Waals surface area contributed by atoms with Crippen LogP contribution >= 0.6 is 15.9 Å². The minimum atomic E-state index is -0.417. The molecule has 0 radical (unpaired) electrons. The summed E-state index contributed by atoms with van der Waals surface area (Å²) in [6.07, 6.45) is 0. The molecule has 0 amide bonds. The lowest BCUT2D eigenvalue weighted by Gasteiger charge is -2.06. The number of nitrogens with zero attached hydrogens (tertiary/aromatic N) is 2. The molecule has 2 N–H and O–H groups in total. The molecule has 1 unspecified atom stereocenters. The van der Waals surface area contributed by atoms with Crippen molar-refractivity contribution in [2.24, 2.45) is 5.73 Å². The average molecular weight is 344 g/mol. The topological polar surface area (TPSA) is 64.9 Å². The Morgan fingerprint density at radius 3 is 2.57 bits per heavy atom. The Labute approximate surface area is 131 Å². The number of nitrogens with two attached hydrogens (primary N) is 1. The second-order valence-electron chi connectivity index (χ2n) is 4.75. The number of rotatable bonds is 3. The summed E-state index contributed by atoms with van der Waals surface area (Å²) in [5, 5.41) is 8.20. The first-order chi connectivity index (χ1) is 10.2. The van der Waals surface area contributed by atoms with Gasteiger partial charge in [-0.05, 0) is 30.2 Å². The van der Waals surface area contributed by atoms with E-state index in [2.05, 4.69) is 26.1 Å². The molecule has 3 aromatic rings. The lowest BCUT2D eigenvalue weighted by atomic mass is 10.1. The summed E-state index contributed by atoms with van der Waals surface area (Å²) in [5.41, 5.74) is 9.08. The maximum Gasteiger partial charge on any atom is 0.248 e. The quantitative estimate of drug-likeness (QED) is 0.784. The highest BCUT2D eigenvalue weighted by Crippen LogP contribution is 2.29. The number of hydrogen-bond acceptors (Lipinski definition) is 4. The summed E-state index contributed by atoms with van der Waals surface area (Å²) >= 11 is 3.50. The standard InChI is InChI=1S/C16H14BrN3O/c1-10-12(8-5-9-13(10)17)15-19-20-16(21-15)14(18)11-6-3-2-4-7-11/h2-9,14H,18H2,1H3. The van der Waals surface area contributed by atoms with E-state index in [9.17, 15) is 0 Å². The molecule has 0 saturated heterocycles. The predicted octanol–water partition coefficient (Wildman–Crippen LogP) is 3.86. The monoisotopic (exact) mass is 343 g/mol. The summed E-state index contributed by atoms with van der Waals surface area (Å²) in [6.45, 7) is 2.00. The van der Waals surface area contributed by atoms with E-state index in [0.29, 0.717) is 11.8 Å². The van der Waals surface area contributed by atoms with Crippen molar-refractivity contribution in [3.05, 3.63) is 70.0 Å². The van der Waals surface area contributed by atoms with Crippen LogP contribution in [0.3, 0.4) is 0 Å². The second kappa shape index (κ2) is 5.79. The minimum absolute atomic E-state index is 0.413. The van der Waals surface area contributed by atoms with E-state index >= 15 is 0 Å². The predicted molar refractivity (Wildman–Crippen MR) is 84.6 cm³/mol. The molecule has 21 heavy (non-hydrogen) atoms. The Kier molecular flexibility index (Phi) is 3.86. The second-order valence-corrected chi connectivity index (χ2v) is 5.60. The van der Waals surface area contributed by atoms with E-state index in [-0.39, 0.29) is 0 Å². The zero-order valence-corrected chi connectivity index (χ0v) is 13.0. The van der Waals surface area contributed by atoms with Crippen molar-refractivity contribution < 1.29 is 4.42 Å². The third-order valence-corrected chi connectivity index (χ3v) is 4.22. The van der Waals surface area contributed by atoms with Crippen molar-refractivity contribution in [2.45, 2.75) is 13.0 Å². The SMILES string of the molecule is Cc1c(Br)cccc1-c1nnc(C(N)c2ccccc2)o1. The summed E-state index contributed by atoms with van der Waals surface area (Å²) in [7, 11) is 0. The van der Waals surface area contributed by atoms with E-state index < -0.39 is 6.04 Å². The van der Waals surface area contributed by atoms with Crippen LogP contribution < -0.4 is 5.73 Å². The normalized spacial score (nSPS) is 12.3. The van der Waals surface area contributed by atoms with Crippen LogP contribution in [0.5, 0.6) is 0 Å². The molecule has 0 spiro atoms. The van der Waals surface area contributed by atoms with Gasteiger partial charge in [-0.2, -0.15) is 0 Å². The highest BCUT2D eigenvalue weighted by molar-refractivity contribution is 9.10. The summed E-state index contributed by atoms with van der Waals surface area (Å²) in [4.78, 5) is 0. The van der Waals surface area contributed by atoms with Crippen LogP contribution in [0.15, 0.2) is 57.4 Å². The van der Waals surface area contributed by atoms with Crippen LogP contribution in [0.4, 0.5) is 0 Å². The van der Waals surface area contributed by atoms with Gasteiger partial charge in [-0.1, -0.05) is 52.3 Å². The minimum Gasteiger partial charge on any atom is -0.419 e. The van der Waals surface area contributed by atoms with Crippen molar-refractivity contribution in [1.82, 2.24) is 10.2 Å². The Bertz CT molecular complexity index is 755. The van der Waals surface area contributed by atoms with Gasteiger partial charge in [0.25, 0.3) is 0 Å². The maximum absolute atomic E-state index is 6.17. The van der Waals surface area contributed by atoms with Gasteiger partial charge in [0.1, 0.15) is 6.04 Å². The first-order valence-corrected chi connectivity index (χ1v) is 7.35. The number of aromatic nitrogens is 2. The Morgan fingerprint density at radius 2 is 1.81 bits per heavy atom. The van der Waals surface area contributed by atoms with Gasteiger partial charge in [-0.25, -0.2) is 0 Å².